The Morgan fingerprint density at radius 3 is 1.36 bits per heavy atom. The molecule has 2 rings (SSSR count). The first-order valence-electron chi connectivity index (χ1n) is 7.75. The van der Waals surface area contributed by atoms with E-state index in [1.54, 1.807) is 0 Å². The Hall–Kier alpha value is -0.890. The second kappa shape index (κ2) is 22.1. The average molecular weight is 577 g/mol. The lowest BCUT2D eigenvalue weighted by Gasteiger charge is -2.43. The van der Waals surface area contributed by atoms with Crippen molar-refractivity contribution in [2.75, 3.05) is 19.8 Å². The zero-order valence-corrected chi connectivity index (χ0v) is 20.6. The van der Waals surface area contributed by atoms with Crippen LogP contribution in [0.2, 0.25) is 0 Å². The summed E-state index contributed by atoms with van der Waals surface area (Å²) in [5.41, 5.74) is 0. The number of hydrogen-bond donors (Lipinski definition) is 18. The van der Waals surface area contributed by atoms with Crippen molar-refractivity contribution in [3.05, 3.63) is 0 Å². The normalized spacial score (nSPS) is 34.3. The first kappa shape index (κ1) is 55.6. The van der Waals surface area contributed by atoms with Crippen molar-refractivity contribution in [1.82, 2.24) is 49.2 Å². The van der Waals surface area contributed by atoms with E-state index in [0.717, 1.165) is 0 Å². The molecule has 2 heterocycles. The van der Waals surface area contributed by atoms with Crippen LogP contribution in [0, 0.1) is 0 Å². The first-order valence-corrected chi connectivity index (χ1v) is 9.14. The third-order valence-corrected chi connectivity index (χ3v) is 4.07. The number of rotatable bonds is 5. The van der Waals surface area contributed by atoms with Gasteiger partial charge in [-0.3, -0.25) is 9.11 Å². The molecule has 0 aromatic heterocycles. The second-order valence-corrected chi connectivity index (χ2v) is 6.90. The van der Waals surface area contributed by atoms with Gasteiger partial charge in [0.15, 0.2) is 6.29 Å². The van der Waals surface area contributed by atoms with Crippen LogP contribution in [0.25, 0.3) is 0 Å². The molecule has 0 aromatic rings. The van der Waals surface area contributed by atoms with Crippen LogP contribution in [0.5, 0.6) is 0 Å². The summed E-state index contributed by atoms with van der Waals surface area (Å²) in [6.45, 7) is -2.32. The van der Waals surface area contributed by atoms with Crippen LogP contribution >= 0.6 is 0 Å². The number of aliphatic hydroxyl groups excluding tert-OH is 8. The molecule has 34 N–H and O–H groups in total. The van der Waals surface area contributed by atoms with Gasteiger partial charge in [-0.25, -0.2) is 0 Å². The van der Waals surface area contributed by atoms with Crippen molar-refractivity contribution >= 4 is 10.4 Å². The maximum Gasteiger partial charge on any atom is 0.394 e. The zero-order valence-electron chi connectivity index (χ0n) is 19.8. The van der Waals surface area contributed by atoms with Gasteiger partial charge >= 0.3 is 10.4 Å². The molecule has 2 aliphatic heterocycles. The molecule has 9 atom stereocenters. The predicted molar refractivity (Wildman–Crippen MR) is 123 cm³/mol. The number of hydrogen-bond acceptors (Lipinski definition) is 21. The Balaban J connectivity index is -0.0000000922. The van der Waals surface area contributed by atoms with Crippen LogP contribution in [-0.2, 0) is 24.6 Å². The van der Waals surface area contributed by atoms with Gasteiger partial charge in [0.05, 0.1) is 13.2 Å². The molecule has 2 aliphatic rings. The summed E-state index contributed by atoms with van der Waals surface area (Å²) in [5, 5.41) is 76.7. The van der Waals surface area contributed by atoms with E-state index in [0.29, 0.717) is 0 Å². The minimum atomic E-state index is -4.67. The molecule has 0 bridgehead atoms. The Morgan fingerprint density at radius 2 is 1.06 bits per heavy atom. The summed E-state index contributed by atoms with van der Waals surface area (Å²) in [5.74, 6) is -2.22. The van der Waals surface area contributed by atoms with Crippen molar-refractivity contribution in [2.24, 2.45) is 0 Å². The monoisotopic (exact) mass is 576 g/mol. The second-order valence-electron chi connectivity index (χ2n) is 6.01. The number of ether oxygens (including phenoxy) is 3. The topological polar surface area (TPSA) is 544 Å². The van der Waals surface area contributed by atoms with E-state index in [4.69, 9.17) is 41.9 Å². The van der Waals surface area contributed by atoms with Crippen molar-refractivity contribution in [3.8, 4) is 0 Å². The highest BCUT2D eigenvalue weighted by molar-refractivity contribution is 7.79. The molecule has 0 spiro atoms. The minimum absolute atomic E-state index is 0. The lowest BCUT2D eigenvalue weighted by Crippen LogP contribution is -2.62. The molecule has 0 radical (unpaired) electrons. The smallest absolute Gasteiger partial charge is 0.394 e. The van der Waals surface area contributed by atoms with Gasteiger partial charge in [0.1, 0.15) is 49.3 Å². The molecule has 0 amide bonds. The Bertz CT molecular complexity index is 603. The standard InChI is InChI=1S/C12H22O11.8H3N.H2O4S/c13-1-4-6(16)8(18)9(19)11(21-4)23-12(3-15)10(20)7(17)5(2-14)22-12;;;;;;;;;1-5(2,3)4/h4-11,13-20H,1-3H2;8*1H3;(H2,1,2,3,4)/t4-,5-,6-,7-,8+,9-,10+,11-,12+;;;;;;;;;/m1........./s1. The summed E-state index contributed by atoms with van der Waals surface area (Å²) < 4.78 is 47.0. The fourth-order valence-electron chi connectivity index (χ4n) is 2.63. The van der Waals surface area contributed by atoms with Crippen molar-refractivity contribution in [1.29, 1.82) is 0 Å². The van der Waals surface area contributed by atoms with Gasteiger partial charge in [-0.05, 0) is 0 Å². The van der Waals surface area contributed by atoms with Gasteiger partial charge in [0.25, 0.3) is 0 Å². The fraction of sp³-hybridized carbons (Fsp3) is 1.00. The molecule has 36 heavy (non-hydrogen) atoms. The van der Waals surface area contributed by atoms with Gasteiger partial charge in [-0.2, -0.15) is 8.42 Å². The van der Waals surface area contributed by atoms with Gasteiger partial charge in [0, 0.05) is 0 Å². The van der Waals surface area contributed by atoms with E-state index in [-0.39, 0.29) is 49.2 Å². The van der Waals surface area contributed by atoms with E-state index < -0.39 is 85.0 Å². The highest BCUT2D eigenvalue weighted by Gasteiger charge is 2.58. The molecule has 24 heteroatoms. The van der Waals surface area contributed by atoms with Gasteiger partial charge in [-0.15, -0.1) is 0 Å². The molecule has 2 saturated heterocycles. The molecular weight excluding hydrogens is 528 g/mol. The van der Waals surface area contributed by atoms with E-state index in [2.05, 4.69) is 0 Å². The van der Waals surface area contributed by atoms with Crippen molar-refractivity contribution < 1.29 is 72.6 Å². The maximum atomic E-state index is 10.00. The Labute approximate surface area is 207 Å². The summed E-state index contributed by atoms with van der Waals surface area (Å²) in [6.07, 6.45) is -12.7. The van der Waals surface area contributed by atoms with E-state index in [1.165, 1.54) is 0 Å². The number of aliphatic hydroxyl groups is 8. The van der Waals surface area contributed by atoms with Crippen LogP contribution in [0.15, 0.2) is 0 Å². The third-order valence-electron chi connectivity index (χ3n) is 4.07. The molecule has 0 unspecified atom stereocenters. The van der Waals surface area contributed by atoms with Crippen LogP contribution in [0.1, 0.15) is 0 Å². The largest absolute Gasteiger partial charge is 0.394 e. The van der Waals surface area contributed by atoms with Gasteiger partial charge in [-0.1, -0.05) is 0 Å². The average Bonchev–Trinajstić information content (AvgIpc) is 2.86. The van der Waals surface area contributed by atoms with E-state index in [9.17, 15) is 30.6 Å². The summed E-state index contributed by atoms with van der Waals surface area (Å²) >= 11 is 0. The van der Waals surface area contributed by atoms with Crippen LogP contribution in [-0.4, -0.2) is 133 Å². The molecule has 0 aromatic carbocycles. The predicted octanol–water partition coefficient (Wildman–Crippen LogP) is -4.75. The SMILES string of the molecule is N.N.N.N.N.N.N.N.O=S(=O)(O)O.OC[C@H]1O[C@@](CO)(O[C@H]2O[C@H](CO)[C@@H](O)[C@H](O)[C@H]2O)[C@@H](O)[C@@H]1O. The van der Waals surface area contributed by atoms with Gasteiger partial charge < -0.3 is 104 Å². The lowest BCUT2D eigenvalue weighted by molar-refractivity contribution is -0.383. The molecule has 232 valence electrons. The van der Waals surface area contributed by atoms with Crippen molar-refractivity contribution in [3.63, 3.8) is 0 Å². The highest BCUT2D eigenvalue weighted by atomic mass is 32.3. The quantitative estimate of drug-likeness (QED) is 0.136. The summed E-state index contributed by atoms with van der Waals surface area (Å²) in [4.78, 5) is 0. The molecule has 0 aliphatic carbocycles. The van der Waals surface area contributed by atoms with Crippen LogP contribution in [0.4, 0.5) is 0 Å². The Kier molecular flexibility index (Phi) is 34.2. The molecular formula is C12H48N8O15S. The molecule has 2 fully saturated rings. The Morgan fingerprint density at radius 1 is 0.667 bits per heavy atom. The van der Waals surface area contributed by atoms with Crippen molar-refractivity contribution in [2.45, 2.75) is 54.8 Å². The zero-order chi connectivity index (χ0) is 21.9. The van der Waals surface area contributed by atoms with Crippen LogP contribution < -0.4 is 49.2 Å². The minimum Gasteiger partial charge on any atom is -0.394 e. The first-order chi connectivity index (χ1) is 12.8. The van der Waals surface area contributed by atoms with E-state index >= 15 is 0 Å². The summed E-state index contributed by atoms with van der Waals surface area (Å²) in [6, 6.07) is 0. The van der Waals surface area contributed by atoms with Gasteiger partial charge in [0.2, 0.25) is 5.79 Å². The fourth-order valence-corrected chi connectivity index (χ4v) is 2.63. The third kappa shape index (κ3) is 13.6. The molecule has 0 saturated carbocycles. The highest BCUT2D eigenvalue weighted by Crippen LogP contribution is 2.35. The molecule has 23 nitrogen and oxygen atoms in total. The maximum absolute atomic E-state index is 10.00. The van der Waals surface area contributed by atoms with E-state index in [1.807, 2.05) is 0 Å². The lowest BCUT2D eigenvalue weighted by atomic mass is 9.99. The van der Waals surface area contributed by atoms with Crippen LogP contribution in [0.3, 0.4) is 0 Å². The summed E-state index contributed by atoms with van der Waals surface area (Å²) in [7, 11) is -4.67.